The molecular formula is C20H26N2O. The molecule has 0 aromatic heterocycles. The van der Waals surface area contributed by atoms with Gasteiger partial charge in [0.05, 0.1) is 6.10 Å². The fraction of sp³-hybridized carbons (Fsp3) is 0.400. The number of rotatable bonds is 6. The van der Waals surface area contributed by atoms with E-state index in [0.29, 0.717) is 6.10 Å². The number of nitrogens with one attached hydrogen (secondary N) is 1. The normalized spacial score (nSPS) is 14.8. The first-order chi connectivity index (χ1) is 11.2. The minimum absolute atomic E-state index is 0.411. The number of hydrogen-bond acceptors (Lipinski definition) is 3. The SMILES string of the molecule is CCc1cc(NCc2ccc(N)cc2)ccc1OC1CCCC1. The van der Waals surface area contributed by atoms with Gasteiger partial charge in [-0.05, 0) is 73.6 Å². The van der Waals surface area contributed by atoms with Crippen molar-refractivity contribution in [3.05, 3.63) is 53.6 Å². The van der Waals surface area contributed by atoms with Crippen molar-refractivity contribution in [3.8, 4) is 5.75 Å². The third-order valence-corrected chi connectivity index (χ3v) is 4.51. The van der Waals surface area contributed by atoms with Gasteiger partial charge in [-0.1, -0.05) is 19.1 Å². The van der Waals surface area contributed by atoms with Crippen LogP contribution >= 0.6 is 0 Å². The van der Waals surface area contributed by atoms with Gasteiger partial charge in [0.25, 0.3) is 0 Å². The van der Waals surface area contributed by atoms with Crippen LogP contribution in [0, 0.1) is 0 Å². The molecule has 122 valence electrons. The van der Waals surface area contributed by atoms with E-state index in [9.17, 15) is 0 Å². The van der Waals surface area contributed by atoms with Gasteiger partial charge >= 0.3 is 0 Å². The minimum Gasteiger partial charge on any atom is -0.490 e. The highest BCUT2D eigenvalue weighted by Gasteiger charge is 2.17. The molecule has 2 aromatic rings. The smallest absolute Gasteiger partial charge is 0.123 e. The van der Waals surface area contributed by atoms with Crippen LogP contribution in [-0.2, 0) is 13.0 Å². The Morgan fingerprint density at radius 3 is 2.52 bits per heavy atom. The Hall–Kier alpha value is -2.16. The number of nitrogen functional groups attached to an aromatic ring is 1. The second-order valence-electron chi connectivity index (χ2n) is 6.30. The molecule has 2 aromatic carbocycles. The van der Waals surface area contributed by atoms with Crippen LogP contribution in [0.3, 0.4) is 0 Å². The van der Waals surface area contributed by atoms with Gasteiger partial charge in [-0.3, -0.25) is 0 Å². The van der Waals surface area contributed by atoms with Crippen molar-refractivity contribution in [2.45, 2.75) is 51.7 Å². The first-order valence-electron chi connectivity index (χ1n) is 8.62. The molecular weight excluding hydrogens is 284 g/mol. The molecule has 1 saturated carbocycles. The molecule has 0 radical (unpaired) electrons. The Morgan fingerprint density at radius 1 is 1.09 bits per heavy atom. The molecule has 0 atom stereocenters. The van der Waals surface area contributed by atoms with E-state index in [4.69, 9.17) is 10.5 Å². The molecule has 0 spiro atoms. The lowest BCUT2D eigenvalue weighted by molar-refractivity contribution is 0.208. The summed E-state index contributed by atoms with van der Waals surface area (Å²) in [4.78, 5) is 0. The molecule has 0 saturated heterocycles. The Bertz CT molecular complexity index is 631. The van der Waals surface area contributed by atoms with Crippen molar-refractivity contribution < 1.29 is 4.74 Å². The summed E-state index contributed by atoms with van der Waals surface area (Å²) in [5.74, 6) is 1.05. The fourth-order valence-electron chi connectivity index (χ4n) is 3.11. The lowest BCUT2D eigenvalue weighted by Gasteiger charge is -2.17. The molecule has 23 heavy (non-hydrogen) atoms. The highest BCUT2D eigenvalue weighted by atomic mass is 16.5. The molecule has 1 fully saturated rings. The van der Waals surface area contributed by atoms with E-state index in [1.165, 1.54) is 36.8 Å². The van der Waals surface area contributed by atoms with Crippen molar-refractivity contribution in [2.24, 2.45) is 0 Å². The van der Waals surface area contributed by atoms with Crippen LogP contribution in [0.5, 0.6) is 5.75 Å². The summed E-state index contributed by atoms with van der Waals surface area (Å²) in [6.07, 6.45) is 6.38. The summed E-state index contributed by atoms with van der Waals surface area (Å²) < 4.78 is 6.19. The summed E-state index contributed by atoms with van der Waals surface area (Å²) in [5, 5.41) is 3.48. The van der Waals surface area contributed by atoms with E-state index < -0.39 is 0 Å². The number of aryl methyl sites for hydroxylation is 1. The van der Waals surface area contributed by atoms with Crippen LogP contribution < -0.4 is 15.8 Å². The van der Waals surface area contributed by atoms with E-state index in [2.05, 4.69) is 42.6 Å². The van der Waals surface area contributed by atoms with Gasteiger partial charge in [0.15, 0.2) is 0 Å². The number of anilines is 2. The fourth-order valence-corrected chi connectivity index (χ4v) is 3.11. The average Bonchev–Trinajstić information content (AvgIpc) is 3.08. The topological polar surface area (TPSA) is 47.3 Å². The van der Waals surface area contributed by atoms with Crippen LogP contribution in [-0.4, -0.2) is 6.10 Å². The molecule has 3 heteroatoms. The summed E-state index contributed by atoms with van der Waals surface area (Å²) in [6, 6.07) is 14.4. The molecule has 3 rings (SSSR count). The van der Waals surface area contributed by atoms with Crippen LogP contribution in [0.25, 0.3) is 0 Å². The Morgan fingerprint density at radius 2 is 1.83 bits per heavy atom. The van der Waals surface area contributed by atoms with Crippen LogP contribution in [0.1, 0.15) is 43.7 Å². The van der Waals surface area contributed by atoms with Gasteiger partial charge in [0, 0.05) is 17.9 Å². The lowest BCUT2D eigenvalue weighted by atomic mass is 10.1. The van der Waals surface area contributed by atoms with Crippen LogP contribution in [0.2, 0.25) is 0 Å². The predicted molar refractivity (Wildman–Crippen MR) is 96.9 cm³/mol. The summed E-state index contributed by atoms with van der Waals surface area (Å²) in [6.45, 7) is 2.98. The van der Waals surface area contributed by atoms with Gasteiger partial charge in [-0.25, -0.2) is 0 Å². The maximum absolute atomic E-state index is 6.19. The molecule has 3 nitrogen and oxygen atoms in total. The zero-order chi connectivity index (χ0) is 16.1. The molecule has 1 aliphatic rings. The average molecular weight is 310 g/mol. The molecule has 0 unspecified atom stereocenters. The standard InChI is InChI=1S/C20H26N2O/c1-2-16-13-18(22-14-15-7-9-17(21)10-8-15)11-12-20(16)23-19-5-3-4-6-19/h7-13,19,22H,2-6,14,21H2,1H3. The van der Waals surface area contributed by atoms with E-state index >= 15 is 0 Å². The molecule has 0 amide bonds. The third kappa shape index (κ3) is 4.19. The number of benzene rings is 2. The van der Waals surface area contributed by atoms with Crippen LogP contribution in [0.15, 0.2) is 42.5 Å². The molecule has 0 bridgehead atoms. The van der Waals surface area contributed by atoms with Crippen molar-refractivity contribution in [3.63, 3.8) is 0 Å². The van der Waals surface area contributed by atoms with E-state index in [1.54, 1.807) is 0 Å². The second kappa shape index (κ2) is 7.40. The summed E-state index contributed by atoms with van der Waals surface area (Å²) in [7, 11) is 0. The second-order valence-corrected chi connectivity index (χ2v) is 6.30. The number of hydrogen-bond donors (Lipinski definition) is 2. The zero-order valence-corrected chi connectivity index (χ0v) is 13.8. The maximum atomic E-state index is 6.19. The molecule has 0 heterocycles. The number of nitrogens with two attached hydrogens (primary N) is 1. The van der Waals surface area contributed by atoms with Gasteiger partial charge in [-0.2, -0.15) is 0 Å². The highest BCUT2D eigenvalue weighted by Crippen LogP contribution is 2.29. The van der Waals surface area contributed by atoms with Crippen molar-refractivity contribution in [2.75, 3.05) is 11.1 Å². The largest absolute Gasteiger partial charge is 0.490 e. The molecule has 0 aliphatic heterocycles. The highest BCUT2D eigenvalue weighted by molar-refractivity contribution is 5.52. The zero-order valence-electron chi connectivity index (χ0n) is 13.8. The first kappa shape index (κ1) is 15.7. The van der Waals surface area contributed by atoms with Gasteiger partial charge in [0.2, 0.25) is 0 Å². The molecule has 1 aliphatic carbocycles. The monoisotopic (exact) mass is 310 g/mol. The van der Waals surface area contributed by atoms with Gasteiger partial charge in [0.1, 0.15) is 5.75 Å². The van der Waals surface area contributed by atoms with Gasteiger partial charge in [-0.15, -0.1) is 0 Å². The first-order valence-corrected chi connectivity index (χ1v) is 8.62. The Labute approximate surface area is 138 Å². The minimum atomic E-state index is 0.411. The summed E-state index contributed by atoms with van der Waals surface area (Å²) >= 11 is 0. The maximum Gasteiger partial charge on any atom is 0.123 e. The molecule has 3 N–H and O–H groups in total. The van der Waals surface area contributed by atoms with Crippen molar-refractivity contribution >= 4 is 11.4 Å². The van der Waals surface area contributed by atoms with Crippen molar-refractivity contribution in [1.82, 2.24) is 0 Å². The number of ether oxygens (including phenoxy) is 1. The van der Waals surface area contributed by atoms with Crippen molar-refractivity contribution in [1.29, 1.82) is 0 Å². The predicted octanol–water partition coefficient (Wildman–Crippen LogP) is 4.76. The van der Waals surface area contributed by atoms with E-state index in [1.807, 2.05) is 12.1 Å². The lowest BCUT2D eigenvalue weighted by Crippen LogP contribution is -2.12. The van der Waals surface area contributed by atoms with Crippen LogP contribution in [0.4, 0.5) is 11.4 Å². The van der Waals surface area contributed by atoms with Gasteiger partial charge < -0.3 is 15.8 Å². The van der Waals surface area contributed by atoms with E-state index in [-0.39, 0.29) is 0 Å². The summed E-state index contributed by atoms with van der Waals surface area (Å²) in [5.41, 5.74) is 10.2. The third-order valence-electron chi connectivity index (χ3n) is 4.51. The van der Waals surface area contributed by atoms with E-state index in [0.717, 1.165) is 30.1 Å². The Kier molecular flexibility index (Phi) is 5.06. The quantitative estimate of drug-likeness (QED) is 0.756. The Balaban J connectivity index is 1.64.